The number of nitrogens with one attached hydrogen (secondary N) is 3. The van der Waals surface area contributed by atoms with Crippen LogP contribution in [0.2, 0.25) is 0 Å². The molecule has 0 atom stereocenters. The van der Waals surface area contributed by atoms with Gasteiger partial charge in [0.2, 0.25) is 10.0 Å². The molecule has 0 saturated carbocycles. The Balaban J connectivity index is 0.00000420. The van der Waals surface area contributed by atoms with E-state index >= 15 is 0 Å². The lowest BCUT2D eigenvalue weighted by Crippen LogP contribution is -2.41. The number of hydrogen-bond acceptors (Lipinski definition) is 5. The molecule has 0 bridgehead atoms. The van der Waals surface area contributed by atoms with E-state index in [1.165, 1.54) is 18.5 Å². The minimum absolute atomic E-state index is 0. The molecular weight excluding hydrogens is 505 g/mol. The molecule has 11 heteroatoms. The van der Waals surface area contributed by atoms with Gasteiger partial charge in [0.25, 0.3) is 0 Å². The van der Waals surface area contributed by atoms with Gasteiger partial charge in [-0.05, 0) is 45.4 Å². The fourth-order valence-corrected chi connectivity index (χ4v) is 3.60. The van der Waals surface area contributed by atoms with Gasteiger partial charge in [0, 0.05) is 50.8 Å². The Bertz CT molecular complexity index is 870. The maximum atomic E-state index is 12.1. The molecule has 2 aromatic rings. The second kappa shape index (κ2) is 12.8. The van der Waals surface area contributed by atoms with E-state index in [0.29, 0.717) is 19.0 Å². The lowest BCUT2D eigenvalue weighted by Gasteiger charge is -2.12. The van der Waals surface area contributed by atoms with Gasteiger partial charge in [0.1, 0.15) is 4.90 Å². The molecule has 0 saturated heterocycles. The van der Waals surface area contributed by atoms with Gasteiger partial charge in [-0.15, -0.1) is 24.0 Å². The topological polar surface area (TPSA) is 113 Å². The standard InChI is InChI=1S/C18H29N7O2S.HI/c1-4-20-18(21-9-6-12-25-16(3)13-15(2)24-25)22-10-11-23-28(26,27)17-7-5-8-19-14-17;/h5,7-8,13-14,23H,4,6,9-12H2,1-3H3,(H2,20,21,22);1H. The zero-order chi connectivity index (χ0) is 20.4. The summed E-state index contributed by atoms with van der Waals surface area (Å²) in [7, 11) is -3.55. The van der Waals surface area contributed by atoms with E-state index in [4.69, 9.17) is 0 Å². The lowest BCUT2D eigenvalue weighted by molar-refractivity contribution is 0.566. The van der Waals surface area contributed by atoms with E-state index < -0.39 is 10.0 Å². The molecule has 0 aliphatic carbocycles. The van der Waals surface area contributed by atoms with Crippen molar-refractivity contribution in [2.75, 3.05) is 26.2 Å². The van der Waals surface area contributed by atoms with Crippen molar-refractivity contribution in [3.05, 3.63) is 42.0 Å². The first-order valence-electron chi connectivity index (χ1n) is 9.35. The fourth-order valence-electron chi connectivity index (χ4n) is 2.61. The van der Waals surface area contributed by atoms with Crippen molar-refractivity contribution in [2.24, 2.45) is 4.99 Å². The third kappa shape index (κ3) is 8.66. The summed E-state index contributed by atoms with van der Waals surface area (Å²) in [4.78, 5) is 8.51. The van der Waals surface area contributed by atoms with Gasteiger partial charge in [-0.3, -0.25) is 14.7 Å². The molecule has 2 heterocycles. The molecule has 0 aromatic carbocycles. The van der Waals surface area contributed by atoms with Crippen molar-refractivity contribution in [3.8, 4) is 0 Å². The Morgan fingerprint density at radius 3 is 2.66 bits per heavy atom. The van der Waals surface area contributed by atoms with E-state index in [0.717, 1.165) is 30.9 Å². The molecule has 0 amide bonds. The van der Waals surface area contributed by atoms with Gasteiger partial charge in [0.15, 0.2) is 5.96 Å². The molecule has 9 nitrogen and oxygen atoms in total. The monoisotopic (exact) mass is 535 g/mol. The van der Waals surface area contributed by atoms with Crippen LogP contribution in [0.15, 0.2) is 40.5 Å². The molecule has 0 spiro atoms. The van der Waals surface area contributed by atoms with E-state index in [-0.39, 0.29) is 35.4 Å². The van der Waals surface area contributed by atoms with E-state index in [9.17, 15) is 8.42 Å². The van der Waals surface area contributed by atoms with E-state index in [1.807, 2.05) is 25.5 Å². The normalized spacial score (nSPS) is 11.8. The number of hydrogen-bond donors (Lipinski definition) is 3. The summed E-state index contributed by atoms with van der Waals surface area (Å²) < 4.78 is 28.8. The van der Waals surface area contributed by atoms with Crippen LogP contribution in [0.4, 0.5) is 0 Å². The first kappa shape index (κ1) is 25.3. The van der Waals surface area contributed by atoms with Crippen LogP contribution in [0, 0.1) is 13.8 Å². The molecule has 2 aromatic heterocycles. The van der Waals surface area contributed by atoms with Gasteiger partial charge in [-0.2, -0.15) is 5.10 Å². The largest absolute Gasteiger partial charge is 0.357 e. The van der Waals surface area contributed by atoms with Crippen molar-refractivity contribution in [1.82, 2.24) is 30.1 Å². The van der Waals surface area contributed by atoms with Crippen LogP contribution in [0.25, 0.3) is 0 Å². The third-order valence-corrected chi connectivity index (χ3v) is 5.35. The van der Waals surface area contributed by atoms with Crippen molar-refractivity contribution in [1.29, 1.82) is 0 Å². The molecule has 0 fully saturated rings. The fraction of sp³-hybridized carbons (Fsp3) is 0.500. The summed E-state index contributed by atoms with van der Waals surface area (Å²) in [6, 6.07) is 5.16. The molecule has 0 aliphatic rings. The number of aromatic nitrogens is 3. The minimum Gasteiger partial charge on any atom is -0.357 e. The lowest BCUT2D eigenvalue weighted by atomic mass is 10.4. The summed E-state index contributed by atoms with van der Waals surface area (Å²) in [6.45, 7) is 8.86. The second-order valence-electron chi connectivity index (χ2n) is 6.28. The SMILES string of the molecule is CCNC(=NCCCn1nc(C)cc1C)NCCNS(=O)(=O)c1cccnc1.I. The van der Waals surface area contributed by atoms with Crippen LogP contribution in [-0.2, 0) is 16.6 Å². The highest BCUT2D eigenvalue weighted by molar-refractivity contribution is 14.0. The van der Waals surface area contributed by atoms with Crippen molar-refractivity contribution >= 4 is 40.0 Å². The highest BCUT2D eigenvalue weighted by Crippen LogP contribution is 2.04. The molecule has 29 heavy (non-hydrogen) atoms. The van der Waals surface area contributed by atoms with E-state index in [1.54, 1.807) is 6.07 Å². The van der Waals surface area contributed by atoms with Crippen LogP contribution >= 0.6 is 24.0 Å². The molecule has 3 N–H and O–H groups in total. The molecule has 0 unspecified atom stereocenters. The molecule has 2 rings (SSSR count). The number of pyridine rings is 1. The van der Waals surface area contributed by atoms with Crippen LogP contribution in [0.3, 0.4) is 0 Å². The highest BCUT2D eigenvalue weighted by atomic mass is 127. The first-order chi connectivity index (χ1) is 13.4. The number of aliphatic imine (C=N–C) groups is 1. The maximum Gasteiger partial charge on any atom is 0.242 e. The average Bonchev–Trinajstić information content (AvgIpc) is 3.00. The summed E-state index contributed by atoms with van der Waals surface area (Å²) in [5.41, 5.74) is 2.16. The van der Waals surface area contributed by atoms with Crippen LogP contribution in [0.5, 0.6) is 0 Å². The Kier molecular flexibility index (Phi) is 11.1. The Hall–Kier alpha value is -1.73. The predicted octanol–water partition coefficient (Wildman–Crippen LogP) is 1.44. The maximum absolute atomic E-state index is 12.1. The number of sulfonamides is 1. The van der Waals surface area contributed by atoms with Crippen LogP contribution in [0.1, 0.15) is 24.7 Å². The van der Waals surface area contributed by atoms with Crippen molar-refractivity contribution in [3.63, 3.8) is 0 Å². The highest BCUT2D eigenvalue weighted by Gasteiger charge is 2.12. The van der Waals surface area contributed by atoms with Gasteiger partial charge >= 0.3 is 0 Å². The molecular formula is C18H30IN7O2S. The Morgan fingerprint density at radius 2 is 2.03 bits per heavy atom. The molecule has 0 aliphatic heterocycles. The number of aryl methyl sites for hydroxylation is 3. The summed E-state index contributed by atoms with van der Waals surface area (Å²) in [5.74, 6) is 0.663. The minimum atomic E-state index is -3.55. The Morgan fingerprint density at radius 1 is 1.24 bits per heavy atom. The molecule has 162 valence electrons. The van der Waals surface area contributed by atoms with Crippen LogP contribution in [-0.4, -0.2) is 55.3 Å². The summed E-state index contributed by atoms with van der Waals surface area (Å²) in [5, 5.41) is 10.7. The van der Waals surface area contributed by atoms with Crippen molar-refractivity contribution < 1.29 is 8.42 Å². The van der Waals surface area contributed by atoms with Crippen molar-refractivity contribution in [2.45, 2.75) is 38.6 Å². The molecule has 0 radical (unpaired) electrons. The van der Waals surface area contributed by atoms with Gasteiger partial charge in [0.05, 0.1) is 5.69 Å². The average molecular weight is 535 g/mol. The number of halogens is 1. The number of guanidine groups is 1. The predicted molar refractivity (Wildman–Crippen MR) is 125 cm³/mol. The zero-order valence-electron chi connectivity index (χ0n) is 17.1. The summed E-state index contributed by atoms with van der Waals surface area (Å²) in [6.07, 6.45) is 3.73. The van der Waals surface area contributed by atoms with Gasteiger partial charge in [-0.1, -0.05) is 0 Å². The summed E-state index contributed by atoms with van der Waals surface area (Å²) >= 11 is 0. The first-order valence-corrected chi connectivity index (χ1v) is 10.8. The zero-order valence-corrected chi connectivity index (χ0v) is 20.2. The van der Waals surface area contributed by atoms with Gasteiger partial charge in [-0.25, -0.2) is 13.1 Å². The van der Waals surface area contributed by atoms with Crippen LogP contribution < -0.4 is 15.4 Å². The second-order valence-corrected chi connectivity index (χ2v) is 8.04. The number of nitrogens with zero attached hydrogens (tertiary/aromatic N) is 4. The smallest absolute Gasteiger partial charge is 0.242 e. The third-order valence-electron chi connectivity index (χ3n) is 3.90. The Labute approximate surface area is 189 Å². The quantitative estimate of drug-likeness (QED) is 0.184. The van der Waals surface area contributed by atoms with Gasteiger partial charge < -0.3 is 10.6 Å². The number of rotatable bonds is 10. The van der Waals surface area contributed by atoms with E-state index in [2.05, 4.69) is 36.5 Å².